The molecule has 0 bridgehead atoms. The van der Waals surface area contributed by atoms with Crippen LogP contribution in [0.25, 0.3) is 0 Å². The Hall–Kier alpha value is -2.37. The number of halogens is 1. The van der Waals surface area contributed by atoms with Gasteiger partial charge in [0.2, 0.25) is 0 Å². The Morgan fingerprint density at radius 1 is 1.56 bits per heavy atom. The second-order valence-electron chi connectivity index (χ2n) is 3.61. The van der Waals surface area contributed by atoms with Crippen molar-refractivity contribution in [1.29, 1.82) is 0 Å². The minimum absolute atomic E-state index is 0.0940. The molecule has 2 aromatic rings. The van der Waals surface area contributed by atoms with Crippen LogP contribution in [0.5, 0.6) is 5.75 Å². The molecule has 2 rings (SSSR count). The lowest BCUT2D eigenvalue weighted by Crippen LogP contribution is -2.24. The number of aromatic nitrogens is 2. The van der Waals surface area contributed by atoms with Crippen LogP contribution in [0.3, 0.4) is 0 Å². The Balaban J connectivity index is 2.13. The van der Waals surface area contributed by atoms with Crippen molar-refractivity contribution in [3.63, 3.8) is 0 Å². The first-order chi connectivity index (χ1) is 8.72. The third kappa shape index (κ3) is 2.48. The average molecular weight is 249 g/mol. The Bertz CT molecular complexity index is 540. The molecule has 0 unspecified atom stereocenters. The SMILES string of the molecule is COc1cccc(F)c1C(=O)NCc1cn[nH]c1. The first-order valence-corrected chi connectivity index (χ1v) is 5.30. The highest BCUT2D eigenvalue weighted by atomic mass is 19.1. The highest BCUT2D eigenvalue weighted by Gasteiger charge is 2.17. The van der Waals surface area contributed by atoms with Crippen LogP contribution in [0.15, 0.2) is 30.6 Å². The van der Waals surface area contributed by atoms with E-state index in [9.17, 15) is 9.18 Å². The number of ether oxygens (including phenoxy) is 1. The molecule has 94 valence electrons. The van der Waals surface area contributed by atoms with Crippen LogP contribution in [0.4, 0.5) is 4.39 Å². The zero-order chi connectivity index (χ0) is 13.0. The molecular formula is C12H12FN3O2. The molecular weight excluding hydrogens is 237 g/mol. The molecule has 0 spiro atoms. The van der Waals surface area contributed by atoms with Crippen molar-refractivity contribution in [3.05, 3.63) is 47.5 Å². The Morgan fingerprint density at radius 3 is 3.06 bits per heavy atom. The number of aromatic amines is 1. The molecule has 0 aliphatic heterocycles. The fourth-order valence-corrected chi connectivity index (χ4v) is 1.54. The number of H-pyrrole nitrogens is 1. The van der Waals surface area contributed by atoms with Crippen LogP contribution in [0.2, 0.25) is 0 Å². The van der Waals surface area contributed by atoms with Crippen molar-refractivity contribution in [1.82, 2.24) is 15.5 Å². The number of nitrogens with one attached hydrogen (secondary N) is 2. The maximum atomic E-state index is 13.6. The van der Waals surface area contributed by atoms with E-state index in [-0.39, 0.29) is 17.9 Å². The predicted octanol–water partition coefficient (Wildman–Crippen LogP) is 1.49. The smallest absolute Gasteiger partial charge is 0.258 e. The van der Waals surface area contributed by atoms with Crippen LogP contribution in [-0.4, -0.2) is 23.2 Å². The van der Waals surface area contributed by atoms with Crippen LogP contribution in [0.1, 0.15) is 15.9 Å². The zero-order valence-corrected chi connectivity index (χ0v) is 9.74. The van der Waals surface area contributed by atoms with E-state index in [1.54, 1.807) is 12.4 Å². The van der Waals surface area contributed by atoms with Gasteiger partial charge in [0, 0.05) is 18.3 Å². The Labute approximate surface area is 103 Å². The first kappa shape index (κ1) is 12.1. The summed E-state index contributed by atoms with van der Waals surface area (Å²) in [6.45, 7) is 0.271. The zero-order valence-electron chi connectivity index (χ0n) is 9.74. The van der Waals surface area contributed by atoms with Gasteiger partial charge in [0.05, 0.1) is 13.3 Å². The van der Waals surface area contributed by atoms with Crippen molar-refractivity contribution in [3.8, 4) is 5.75 Å². The molecule has 1 aromatic carbocycles. The molecule has 0 atom stereocenters. The van der Waals surface area contributed by atoms with Crippen molar-refractivity contribution < 1.29 is 13.9 Å². The van der Waals surface area contributed by atoms with Gasteiger partial charge in [0.15, 0.2) is 0 Å². The van der Waals surface area contributed by atoms with E-state index in [4.69, 9.17) is 4.74 Å². The number of benzene rings is 1. The number of nitrogens with zero attached hydrogens (tertiary/aromatic N) is 1. The van der Waals surface area contributed by atoms with Gasteiger partial charge < -0.3 is 10.1 Å². The van der Waals surface area contributed by atoms with E-state index < -0.39 is 11.7 Å². The fraction of sp³-hybridized carbons (Fsp3) is 0.167. The van der Waals surface area contributed by atoms with Gasteiger partial charge >= 0.3 is 0 Å². The summed E-state index contributed by atoms with van der Waals surface area (Å²) in [4.78, 5) is 11.9. The number of methoxy groups -OCH3 is 1. The van der Waals surface area contributed by atoms with Crippen molar-refractivity contribution in [2.45, 2.75) is 6.54 Å². The molecule has 18 heavy (non-hydrogen) atoms. The summed E-state index contributed by atoms with van der Waals surface area (Å²) < 4.78 is 18.6. The van der Waals surface area contributed by atoms with E-state index in [2.05, 4.69) is 15.5 Å². The van der Waals surface area contributed by atoms with Gasteiger partial charge in [-0.3, -0.25) is 9.89 Å². The van der Waals surface area contributed by atoms with Crippen LogP contribution < -0.4 is 10.1 Å². The Kier molecular flexibility index (Phi) is 3.57. The number of carbonyl (C=O) groups excluding carboxylic acids is 1. The average Bonchev–Trinajstić information content (AvgIpc) is 2.88. The molecule has 6 heteroatoms. The molecule has 0 saturated carbocycles. The van der Waals surface area contributed by atoms with E-state index in [0.29, 0.717) is 0 Å². The molecule has 1 heterocycles. The summed E-state index contributed by atoms with van der Waals surface area (Å²) >= 11 is 0. The number of hydrogen-bond acceptors (Lipinski definition) is 3. The molecule has 5 nitrogen and oxygen atoms in total. The second-order valence-corrected chi connectivity index (χ2v) is 3.61. The molecule has 2 N–H and O–H groups in total. The molecule has 1 amide bonds. The minimum Gasteiger partial charge on any atom is -0.496 e. The van der Waals surface area contributed by atoms with Crippen molar-refractivity contribution in [2.24, 2.45) is 0 Å². The lowest BCUT2D eigenvalue weighted by Gasteiger charge is -2.09. The summed E-state index contributed by atoms with van der Waals surface area (Å²) in [6.07, 6.45) is 3.23. The van der Waals surface area contributed by atoms with Crippen molar-refractivity contribution in [2.75, 3.05) is 7.11 Å². The first-order valence-electron chi connectivity index (χ1n) is 5.30. The highest BCUT2D eigenvalue weighted by Crippen LogP contribution is 2.20. The maximum Gasteiger partial charge on any atom is 0.258 e. The van der Waals surface area contributed by atoms with Gasteiger partial charge in [-0.1, -0.05) is 6.07 Å². The maximum absolute atomic E-state index is 13.6. The van der Waals surface area contributed by atoms with Gasteiger partial charge in [-0.2, -0.15) is 5.10 Å². The predicted molar refractivity (Wildman–Crippen MR) is 62.7 cm³/mol. The topological polar surface area (TPSA) is 67.0 Å². The Morgan fingerprint density at radius 2 is 2.39 bits per heavy atom. The number of carbonyl (C=O) groups is 1. The second kappa shape index (κ2) is 5.31. The number of rotatable bonds is 4. The highest BCUT2D eigenvalue weighted by molar-refractivity contribution is 5.97. The largest absolute Gasteiger partial charge is 0.496 e. The summed E-state index contributed by atoms with van der Waals surface area (Å²) in [5.41, 5.74) is 0.710. The van der Waals surface area contributed by atoms with Crippen LogP contribution in [-0.2, 0) is 6.54 Å². The third-order valence-corrected chi connectivity index (χ3v) is 2.43. The summed E-state index contributed by atoms with van der Waals surface area (Å²) in [5.74, 6) is -0.926. The summed E-state index contributed by atoms with van der Waals surface area (Å²) in [5, 5.41) is 8.97. The molecule has 0 aliphatic carbocycles. The van der Waals surface area contributed by atoms with E-state index in [0.717, 1.165) is 5.56 Å². The van der Waals surface area contributed by atoms with Gasteiger partial charge in [-0.15, -0.1) is 0 Å². The molecule has 0 saturated heterocycles. The fourth-order valence-electron chi connectivity index (χ4n) is 1.54. The van der Waals surface area contributed by atoms with Gasteiger partial charge in [-0.25, -0.2) is 4.39 Å². The van der Waals surface area contributed by atoms with Gasteiger partial charge in [0.1, 0.15) is 17.1 Å². The molecule has 0 fully saturated rings. The summed E-state index contributed by atoms with van der Waals surface area (Å²) in [7, 11) is 1.39. The monoisotopic (exact) mass is 249 g/mol. The van der Waals surface area contributed by atoms with E-state index >= 15 is 0 Å². The standard InChI is InChI=1S/C12H12FN3O2/c1-18-10-4-2-3-9(13)11(10)12(17)14-5-8-6-15-16-7-8/h2-4,6-7H,5H2,1H3,(H,14,17)(H,15,16). The molecule has 1 aromatic heterocycles. The van der Waals surface area contributed by atoms with Crippen molar-refractivity contribution >= 4 is 5.91 Å². The number of amides is 1. The quantitative estimate of drug-likeness (QED) is 0.862. The van der Waals surface area contributed by atoms with E-state index in [1.807, 2.05) is 0 Å². The van der Waals surface area contributed by atoms with Crippen LogP contribution >= 0.6 is 0 Å². The molecule has 0 aliphatic rings. The lowest BCUT2D eigenvalue weighted by molar-refractivity contribution is 0.0943. The van der Waals surface area contributed by atoms with Gasteiger partial charge in [-0.05, 0) is 12.1 Å². The third-order valence-electron chi connectivity index (χ3n) is 2.43. The number of hydrogen-bond donors (Lipinski definition) is 2. The summed E-state index contributed by atoms with van der Waals surface area (Å²) in [6, 6.07) is 4.24. The van der Waals surface area contributed by atoms with Crippen LogP contribution in [0, 0.1) is 5.82 Å². The van der Waals surface area contributed by atoms with Gasteiger partial charge in [0.25, 0.3) is 5.91 Å². The minimum atomic E-state index is -0.612. The lowest BCUT2D eigenvalue weighted by atomic mass is 10.1. The van der Waals surface area contributed by atoms with E-state index in [1.165, 1.54) is 25.3 Å². The molecule has 0 radical (unpaired) electrons. The normalized spacial score (nSPS) is 10.1.